The zero-order valence-corrected chi connectivity index (χ0v) is 10.8. The Morgan fingerprint density at radius 1 is 1.39 bits per heavy atom. The van der Waals surface area contributed by atoms with E-state index >= 15 is 0 Å². The molecule has 2 rings (SSSR count). The molecule has 0 aliphatic carbocycles. The lowest BCUT2D eigenvalue weighted by molar-refractivity contribution is 0.513. The highest BCUT2D eigenvalue weighted by Gasteiger charge is 2.19. The van der Waals surface area contributed by atoms with Crippen LogP contribution in [0.1, 0.15) is 36.3 Å². The van der Waals surface area contributed by atoms with Crippen LogP contribution in [0, 0.1) is 6.92 Å². The molecule has 0 aliphatic rings. The minimum absolute atomic E-state index is 0.125. The average molecular weight is 245 g/mol. The summed E-state index contributed by atoms with van der Waals surface area (Å²) in [6.07, 6.45) is 4.62. The summed E-state index contributed by atoms with van der Waals surface area (Å²) in [4.78, 5) is 4.42. The summed E-state index contributed by atoms with van der Waals surface area (Å²) >= 11 is 0. The van der Waals surface area contributed by atoms with E-state index in [1.807, 2.05) is 29.8 Å². The summed E-state index contributed by atoms with van der Waals surface area (Å²) in [6.45, 7) is 5.04. The van der Waals surface area contributed by atoms with Crippen molar-refractivity contribution in [2.45, 2.75) is 32.9 Å². The number of aromatic nitrogens is 3. The Balaban J connectivity index is 2.39. The molecule has 0 saturated heterocycles. The van der Waals surface area contributed by atoms with Crippen molar-refractivity contribution in [3.8, 4) is 0 Å². The van der Waals surface area contributed by atoms with Crippen molar-refractivity contribution in [1.29, 1.82) is 0 Å². The molecule has 1 atom stereocenters. The number of pyridine rings is 1. The first-order chi connectivity index (χ1) is 8.77. The van der Waals surface area contributed by atoms with Crippen LogP contribution in [0.3, 0.4) is 0 Å². The van der Waals surface area contributed by atoms with Crippen LogP contribution in [0.2, 0.25) is 0 Å². The van der Waals surface area contributed by atoms with Crippen LogP contribution in [-0.4, -0.2) is 14.8 Å². The van der Waals surface area contributed by atoms with Crippen molar-refractivity contribution < 1.29 is 0 Å². The Labute approximate surface area is 107 Å². The number of rotatable bonds is 5. The van der Waals surface area contributed by atoms with Crippen LogP contribution < -0.4 is 11.3 Å². The number of hydrogen-bond donors (Lipinski definition) is 2. The maximum Gasteiger partial charge on any atom is 0.105 e. The molecule has 0 radical (unpaired) electrons. The smallest absolute Gasteiger partial charge is 0.105 e. The van der Waals surface area contributed by atoms with Crippen LogP contribution in [0.4, 0.5) is 0 Å². The highest BCUT2D eigenvalue weighted by atomic mass is 15.3. The van der Waals surface area contributed by atoms with Gasteiger partial charge in [0.05, 0.1) is 11.4 Å². The largest absolute Gasteiger partial charge is 0.270 e. The van der Waals surface area contributed by atoms with Crippen molar-refractivity contribution in [2.75, 3.05) is 0 Å². The quantitative estimate of drug-likeness (QED) is 0.619. The third-order valence-electron chi connectivity index (χ3n) is 2.97. The fourth-order valence-corrected chi connectivity index (χ4v) is 2.09. The zero-order valence-electron chi connectivity index (χ0n) is 10.8. The summed E-state index contributed by atoms with van der Waals surface area (Å²) in [5, 5.41) is 4.32. The molecule has 5 heteroatoms. The molecule has 1 unspecified atom stereocenters. The van der Waals surface area contributed by atoms with Crippen LogP contribution in [0.25, 0.3) is 0 Å². The van der Waals surface area contributed by atoms with Crippen molar-refractivity contribution in [3.05, 3.63) is 47.5 Å². The number of hydrazine groups is 1. The van der Waals surface area contributed by atoms with Crippen LogP contribution in [-0.2, 0) is 6.54 Å². The lowest BCUT2D eigenvalue weighted by Crippen LogP contribution is -2.32. The molecule has 96 valence electrons. The van der Waals surface area contributed by atoms with Gasteiger partial charge >= 0.3 is 0 Å². The Morgan fingerprint density at radius 3 is 2.89 bits per heavy atom. The minimum atomic E-state index is -0.125. The molecule has 3 N–H and O–H groups in total. The lowest BCUT2D eigenvalue weighted by atomic mass is 10.1. The van der Waals surface area contributed by atoms with E-state index in [4.69, 9.17) is 5.84 Å². The summed E-state index contributed by atoms with van der Waals surface area (Å²) < 4.78 is 1.97. The third-order valence-corrected chi connectivity index (χ3v) is 2.97. The SMILES string of the molecule is CCCn1nccc1C(NN)c1ncccc1C. The summed E-state index contributed by atoms with van der Waals surface area (Å²) in [5.74, 6) is 5.70. The van der Waals surface area contributed by atoms with Crippen molar-refractivity contribution in [3.63, 3.8) is 0 Å². The fraction of sp³-hybridized carbons (Fsp3) is 0.385. The van der Waals surface area contributed by atoms with Gasteiger partial charge in [0, 0.05) is 18.9 Å². The number of aryl methyl sites for hydroxylation is 2. The molecular weight excluding hydrogens is 226 g/mol. The van der Waals surface area contributed by atoms with Crippen molar-refractivity contribution in [2.24, 2.45) is 5.84 Å². The summed E-state index contributed by atoms with van der Waals surface area (Å²) in [5.41, 5.74) is 5.94. The Bertz CT molecular complexity index is 506. The van der Waals surface area contributed by atoms with Crippen molar-refractivity contribution in [1.82, 2.24) is 20.2 Å². The van der Waals surface area contributed by atoms with Gasteiger partial charge in [0.15, 0.2) is 0 Å². The Morgan fingerprint density at radius 2 is 2.22 bits per heavy atom. The van der Waals surface area contributed by atoms with Gasteiger partial charge < -0.3 is 0 Å². The first-order valence-corrected chi connectivity index (χ1v) is 6.17. The molecule has 0 aromatic carbocycles. The fourth-order valence-electron chi connectivity index (χ4n) is 2.09. The molecule has 0 amide bonds. The Kier molecular flexibility index (Phi) is 4.07. The van der Waals surface area contributed by atoms with Gasteiger partial charge in [0.2, 0.25) is 0 Å². The number of hydrogen-bond acceptors (Lipinski definition) is 4. The average Bonchev–Trinajstić information content (AvgIpc) is 2.82. The van der Waals surface area contributed by atoms with Gasteiger partial charge in [0.1, 0.15) is 6.04 Å². The van der Waals surface area contributed by atoms with E-state index in [1.165, 1.54) is 0 Å². The maximum atomic E-state index is 5.70. The molecule has 2 aromatic heterocycles. The van der Waals surface area contributed by atoms with Gasteiger partial charge in [-0.2, -0.15) is 5.10 Å². The number of nitrogens with two attached hydrogens (primary N) is 1. The predicted octanol–water partition coefficient (Wildman–Crippen LogP) is 1.55. The van der Waals surface area contributed by atoms with Crippen LogP contribution in [0.5, 0.6) is 0 Å². The van der Waals surface area contributed by atoms with Crippen molar-refractivity contribution >= 4 is 0 Å². The minimum Gasteiger partial charge on any atom is -0.270 e. The number of nitrogens with one attached hydrogen (secondary N) is 1. The van der Waals surface area contributed by atoms with Gasteiger partial charge in [-0.1, -0.05) is 13.0 Å². The molecule has 0 aliphatic heterocycles. The normalized spacial score (nSPS) is 12.6. The number of nitrogens with zero attached hydrogens (tertiary/aromatic N) is 3. The molecule has 2 aromatic rings. The highest BCUT2D eigenvalue weighted by Crippen LogP contribution is 2.22. The van der Waals surface area contributed by atoms with Crippen LogP contribution >= 0.6 is 0 Å². The molecule has 0 bridgehead atoms. The third kappa shape index (κ3) is 2.42. The van der Waals surface area contributed by atoms with E-state index in [-0.39, 0.29) is 6.04 Å². The van der Waals surface area contributed by atoms with E-state index in [0.717, 1.165) is 29.9 Å². The Hall–Kier alpha value is -1.72. The van der Waals surface area contributed by atoms with Gasteiger partial charge in [-0.05, 0) is 31.0 Å². The molecule has 0 spiro atoms. The zero-order chi connectivity index (χ0) is 13.0. The van der Waals surface area contributed by atoms with E-state index < -0.39 is 0 Å². The van der Waals surface area contributed by atoms with E-state index in [2.05, 4.69) is 22.4 Å². The monoisotopic (exact) mass is 245 g/mol. The molecule has 2 heterocycles. The second kappa shape index (κ2) is 5.75. The first kappa shape index (κ1) is 12.7. The topological polar surface area (TPSA) is 68.8 Å². The van der Waals surface area contributed by atoms with E-state index in [0.29, 0.717) is 0 Å². The van der Waals surface area contributed by atoms with E-state index in [1.54, 1.807) is 12.4 Å². The summed E-state index contributed by atoms with van der Waals surface area (Å²) in [7, 11) is 0. The van der Waals surface area contributed by atoms with Gasteiger partial charge in [-0.3, -0.25) is 15.5 Å². The molecule has 0 saturated carbocycles. The standard InChI is InChI=1S/C13H19N5/c1-3-9-18-11(6-8-16-18)13(17-14)12-10(2)5-4-7-15-12/h4-8,13,17H,3,9,14H2,1-2H3. The lowest BCUT2D eigenvalue weighted by Gasteiger charge is -2.18. The second-order valence-electron chi connectivity index (χ2n) is 4.28. The maximum absolute atomic E-state index is 5.70. The molecule has 5 nitrogen and oxygen atoms in total. The highest BCUT2D eigenvalue weighted by molar-refractivity contribution is 5.28. The van der Waals surface area contributed by atoms with Gasteiger partial charge in [-0.25, -0.2) is 5.43 Å². The molecule has 0 fully saturated rings. The molecular formula is C13H19N5. The van der Waals surface area contributed by atoms with Gasteiger partial charge in [-0.15, -0.1) is 0 Å². The summed E-state index contributed by atoms with van der Waals surface area (Å²) in [6, 6.07) is 5.82. The van der Waals surface area contributed by atoms with E-state index in [9.17, 15) is 0 Å². The second-order valence-corrected chi connectivity index (χ2v) is 4.28. The van der Waals surface area contributed by atoms with Crippen LogP contribution in [0.15, 0.2) is 30.6 Å². The molecule has 18 heavy (non-hydrogen) atoms. The van der Waals surface area contributed by atoms with Gasteiger partial charge in [0.25, 0.3) is 0 Å². The first-order valence-electron chi connectivity index (χ1n) is 6.17. The predicted molar refractivity (Wildman–Crippen MR) is 70.7 cm³/mol.